The van der Waals surface area contributed by atoms with E-state index in [1.165, 1.54) is 0 Å². The molecule has 2 heterocycles. The summed E-state index contributed by atoms with van der Waals surface area (Å²) in [6.07, 6.45) is 5.03. The third-order valence-electron chi connectivity index (χ3n) is 4.30. The molecular formula is C18H21ClN4O2. The fraction of sp³-hybridized carbons (Fsp3) is 0.389. The predicted molar refractivity (Wildman–Crippen MR) is 94.9 cm³/mol. The van der Waals surface area contributed by atoms with Crippen LogP contribution in [0.4, 0.5) is 0 Å². The van der Waals surface area contributed by atoms with Crippen LogP contribution in [0.3, 0.4) is 0 Å². The van der Waals surface area contributed by atoms with E-state index in [-0.39, 0.29) is 17.9 Å². The lowest BCUT2D eigenvalue weighted by atomic mass is 10.2. The smallest absolute Gasteiger partial charge is 0.225 e. The summed E-state index contributed by atoms with van der Waals surface area (Å²) in [5.41, 5.74) is 1.95. The van der Waals surface area contributed by atoms with Gasteiger partial charge in [-0.05, 0) is 23.6 Å². The van der Waals surface area contributed by atoms with Gasteiger partial charge in [-0.3, -0.25) is 14.3 Å². The van der Waals surface area contributed by atoms with Crippen molar-refractivity contribution in [2.45, 2.75) is 31.8 Å². The van der Waals surface area contributed by atoms with Gasteiger partial charge in [0.1, 0.15) is 0 Å². The number of hydrogen-bond acceptors (Lipinski definition) is 3. The second-order valence-electron chi connectivity index (χ2n) is 6.36. The molecule has 1 saturated heterocycles. The number of nitrogens with zero attached hydrogens (tertiary/aromatic N) is 3. The lowest BCUT2D eigenvalue weighted by Gasteiger charge is -2.18. The average molecular weight is 361 g/mol. The molecule has 0 bridgehead atoms. The molecule has 7 heteroatoms. The summed E-state index contributed by atoms with van der Waals surface area (Å²) in [4.78, 5) is 26.0. The normalized spacial score (nSPS) is 17.1. The highest BCUT2D eigenvalue weighted by atomic mass is 35.5. The van der Waals surface area contributed by atoms with Gasteiger partial charge in [0.15, 0.2) is 0 Å². The highest BCUT2D eigenvalue weighted by Gasteiger charge is 2.30. The molecule has 0 aliphatic carbocycles. The molecule has 0 saturated carbocycles. The molecule has 1 atom stereocenters. The number of likely N-dealkylation sites (tertiary alicyclic amines) is 1. The predicted octanol–water partition coefficient (Wildman–Crippen LogP) is 1.92. The summed E-state index contributed by atoms with van der Waals surface area (Å²) in [5, 5.41) is 7.69. The topological polar surface area (TPSA) is 67.2 Å². The molecule has 6 nitrogen and oxygen atoms in total. The van der Waals surface area contributed by atoms with E-state index in [9.17, 15) is 9.59 Å². The molecule has 1 aliphatic rings. The zero-order valence-electron chi connectivity index (χ0n) is 14.1. The van der Waals surface area contributed by atoms with Gasteiger partial charge in [0.05, 0.1) is 12.2 Å². The maximum Gasteiger partial charge on any atom is 0.225 e. The van der Waals surface area contributed by atoms with Crippen LogP contribution in [0.15, 0.2) is 36.7 Å². The first-order chi connectivity index (χ1) is 12.0. The summed E-state index contributed by atoms with van der Waals surface area (Å²) in [6, 6.07) is 7.35. The number of aryl methyl sites for hydroxylation is 2. The van der Waals surface area contributed by atoms with Crippen molar-refractivity contribution in [1.29, 1.82) is 0 Å². The van der Waals surface area contributed by atoms with Gasteiger partial charge >= 0.3 is 0 Å². The Morgan fingerprint density at radius 1 is 1.40 bits per heavy atom. The molecule has 0 spiro atoms. The van der Waals surface area contributed by atoms with Gasteiger partial charge in [-0.2, -0.15) is 5.10 Å². The fourth-order valence-corrected chi connectivity index (χ4v) is 3.21. The first-order valence-electron chi connectivity index (χ1n) is 8.29. The Labute approximate surface area is 151 Å². The zero-order valence-corrected chi connectivity index (χ0v) is 14.9. The van der Waals surface area contributed by atoms with Crippen LogP contribution in [-0.4, -0.2) is 39.1 Å². The summed E-state index contributed by atoms with van der Waals surface area (Å²) < 4.78 is 1.72. The van der Waals surface area contributed by atoms with E-state index in [1.807, 2.05) is 37.5 Å². The van der Waals surface area contributed by atoms with Crippen molar-refractivity contribution in [3.8, 4) is 0 Å². The molecule has 132 valence electrons. The Morgan fingerprint density at radius 2 is 2.20 bits per heavy atom. The summed E-state index contributed by atoms with van der Waals surface area (Å²) in [6.45, 7) is 0.989. The third-order valence-corrected chi connectivity index (χ3v) is 4.67. The van der Waals surface area contributed by atoms with Crippen molar-refractivity contribution in [1.82, 2.24) is 20.0 Å². The van der Waals surface area contributed by atoms with Crippen molar-refractivity contribution in [2.24, 2.45) is 7.05 Å². The minimum absolute atomic E-state index is 0.0393. The Kier molecular flexibility index (Phi) is 5.38. The van der Waals surface area contributed by atoms with E-state index >= 15 is 0 Å². The molecule has 2 amide bonds. The van der Waals surface area contributed by atoms with Crippen molar-refractivity contribution in [2.75, 3.05) is 6.54 Å². The Balaban J connectivity index is 1.48. The maximum absolute atomic E-state index is 12.2. The van der Waals surface area contributed by atoms with Crippen LogP contribution in [0.25, 0.3) is 0 Å². The number of halogens is 1. The van der Waals surface area contributed by atoms with E-state index in [0.717, 1.165) is 11.1 Å². The Hall–Kier alpha value is -2.34. The van der Waals surface area contributed by atoms with E-state index < -0.39 is 0 Å². The highest BCUT2D eigenvalue weighted by Crippen LogP contribution is 2.20. The maximum atomic E-state index is 12.2. The molecule has 3 rings (SSSR count). The van der Waals surface area contributed by atoms with E-state index in [1.54, 1.807) is 15.8 Å². The van der Waals surface area contributed by atoms with Crippen LogP contribution < -0.4 is 5.32 Å². The van der Waals surface area contributed by atoms with E-state index in [0.29, 0.717) is 37.4 Å². The molecule has 1 aromatic heterocycles. The second-order valence-corrected chi connectivity index (χ2v) is 6.76. The number of carbonyl (C=O) groups is 2. The van der Waals surface area contributed by atoms with Crippen molar-refractivity contribution < 1.29 is 9.59 Å². The van der Waals surface area contributed by atoms with Gasteiger partial charge in [-0.1, -0.05) is 29.8 Å². The number of amides is 2. The SMILES string of the molecule is Cn1cc(CCC(=O)N[C@H]2CC(=O)N(Cc3ccccc3Cl)C2)cn1. The van der Waals surface area contributed by atoms with Crippen LogP contribution in [0.2, 0.25) is 5.02 Å². The minimum Gasteiger partial charge on any atom is -0.351 e. The number of carbonyl (C=O) groups excluding carboxylic acids is 2. The van der Waals surface area contributed by atoms with Crippen LogP contribution in [0.1, 0.15) is 24.0 Å². The summed E-state index contributed by atoms with van der Waals surface area (Å²) >= 11 is 6.16. The fourth-order valence-electron chi connectivity index (χ4n) is 3.01. The number of aromatic nitrogens is 2. The summed E-state index contributed by atoms with van der Waals surface area (Å²) in [7, 11) is 1.85. The minimum atomic E-state index is -0.142. The molecule has 2 aromatic rings. The Bertz CT molecular complexity index is 774. The molecule has 1 aromatic carbocycles. The van der Waals surface area contributed by atoms with Crippen LogP contribution in [0.5, 0.6) is 0 Å². The first kappa shape index (κ1) is 17.5. The van der Waals surface area contributed by atoms with Crippen LogP contribution >= 0.6 is 11.6 Å². The average Bonchev–Trinajstić information content (AvgIpc) is 3.13. The highest BCUT2D eigenvalue weighted by molar-refractivity contribution is 6.31. The second kappa shape index (κ2) is 7.70. The van der Waals surface area contributed by atoms with Gasteiger partial charge in [-0.25, -0.2) is 0 Å². The molecule has 25 heavy (non-hydrogen) atoms. The number of rotatable bonds is 6. The lowest BCUT2D eigenvalue weighted by molar-refractivity contribution is -0.128. The zero-order chi connectivity index (χ0) is 17.8. The quantitative estimate of drug-likeness (QED) is 0.855. The molecule has 1 aliphatic heterocycles. The van der Waals surface area contributed by atoms with E-state index in [2.05, 4.69) is 10.4 Å². The van der Waals surface area contributed by atoms with Gasteiger partial charge < -0.3 is 10.2 Å². The van der Waals surface area contributed by atoms with Crippen LogP contribution in [0, 0.1) is 0 Å². The summed E-state index contributed by atoms with van der Waals surface area (Å²) in [5.74, 6) is -0.00118. The molecule has 1 fully saturated rings. The molecular weight excluding hydrogens is 340 g/mol. The number of benzene rings is 1. The third kappa shape index (κ3) is 4.60. The van der Waals surface area contributed by atoms with Gasteiger partial charge in [0.2, 0.25) is 11.8 Å². The standard InChI is InChI=1S/C18H21ClN4O2/c1-22-10-13(9-20-22)6-7-17(24)21-15-8-18(25)23(12-15)11-14-4-2-3-5-16(14)19/h2-5,9-10,15H,6-8,11-12H2,1H3,(H,21,24)/t15-/m0/s1. The van der Waals surface area contributed by atoms with E-state index in [4.69, 9.17) is 11.6 Å². The monoisotopic (exact) mass is 360 g/mol. The van der Waals surface area contributed by atoms with Crippen molar-refractivity contribution in [3.63, 3.8) is 0 Å². The molecule has 0 radical (unpaired) electrons. The lowest BCUT2D eigenvalue weighted by Crippen LogP contribution is -2.37. The number of nitrogens with one attached hydrogen (secondary N) is 1. The molecule has 1 N–H and O–H groups in total. The van der Waals surface area contributed by atoms with Crippen molar-refractivity contribution in [3.05, 3.63) is 52.8 Å². The Morgan fingerprint density at radius 3 is 2.92 bits per heavy atom. The van der Waals surface area contributed by atoms with Gasteiger partial charge in [0, 0.05) is 44.2 Å². The van der Waals surface area contributed by atoms with Crippen molar-refractivity contribution >= 4 is 23.4 Å². The first-order valence-corrected chi connectivity index (χ1v) is 8.67. The largest absolute Gasteiger partial charge is 0.351 e. The number of hydrogen-bond donors (Lipinski definition) is 1. The molecule has 0 unspecified atom stereocenters. The van der Waals surface area contributed by atoms with Gasteiger partial charge in [0.25, 0.3) is 0 Å². The van der Waals surface area contributed by atoms with Gasteiger partial charge in [-0.15, -0.1) is 0 Å². The van der Waals surface area contributed by atoms with Crippen LogP contribution in [-0.2, 0) is 29.6 Å².